The van der Waals surface area contributed by atoms with E-state index in [0.29, 0.717) is 30.2 Å². The van der Waals surface area contributed by atoms with Gasteiger partial charge in [0, 0.05) is 42.7 Å². The zero-order valence-corrected chi connectivity index (χ0v) is 18.7. The monoisotopic (exact) mass is 449 g/mol. The topological polar surface area (TPSA) is 94.2 Å². The summed E-state index contributed by atoms with van der Waals surface area (Å²) in [6.07, 6.45) is 6.86. The number of imidazole rings is 1. The van der Waals surface area contributed by atoms with Crippen LogP contribution in [0.25, 0.3) is 10.2 Å². The number of carbonyl (C=O) groups excluding carboxylic acids is 1. The lowest BCUT2D eigenvalue weighted by molar-refractivity contribution is -0.385. The Morgan fingerprint density at radius 2 is 2.12 bits per heavy atom. The molecule has 0 bridgehead atoms. The molecule has 2 aromatic heterocycles. The number of para-hydroxylation sites is 1. The van der Waals surface area contributed by atoms with Crippen molar-refractivity contribution in [2.75, 3.05) is 11.4 Å². The van der Waals surface area contributed by atoms with Crippen LogP contribution in [0, 0.1) is 17.0 Å². The molecule has 4 rings (SSSR count). The number of hydrogen-bond acceptors (Lipinski definition) is 6. The highest BCUT2D eigenvalue weighted by atomic mass is 32.1. The molecular formula is C23H23N5O3S. The van der Waals surface area contributed by atoms with Crippen LogP contribution in [0.4, 0.5) is 10.8 Å². The molecule has 164 valence electrons. The van der Waals surface area contributed by atoms with Gasteiger partial charge in [-0.2, -0.15) is 0 Å². The first-order valence-electron chi connectivity index (χ1n) is 10.4. The lowest BCUT2D eigenvalue weighted by Gasteiger charge is -2.20. The van der Waals surface area contributed by atoms with Crippen molar-refractivity contribution in [3.63, 3.8) is 0 Å². The number of fused-ring (bicyclic) bond motifs is 1. The van der Waals surface area contributed by atoms with Gasteiger partial charge in [0.15, 0.2) is 5.13 Å². The summed E-state index contributed by atoms with van der Waals surface area (Å²) in [6.45, 7) is 4.87. The highest BCUT2D eigenvalue weighted by molar-refractivity contribution is 7.22. The minimum Gasteiger partial charge on any atom is -0.337 e. The third kappa shape index (κ3) is 4.38. The van der Waals surface area contributed by atoms with Crippen LogP contribution in [0.15, 0.2) is 55.1 Å². The van der Waals surface area contributed by atoms with Crippen LogP contribution in [0.3, 0.4) is 0 Å². The molecule has 9 heteroatoms. The van der Waals surface area contributed by atoms with Gasteiger partial charge < -0.3 is 4.57 Å². The number of rotatable bonds is 8. The lowest BCUT2D eigenvalue weighted by Crippen LogP contribution is -2.32. The van der Waals surface area contributed by atoms with Crippen LogP contribution >= 0.6 is 11.3 Å². The second-order valence-electron chi connectivity index (χ2n) is 7.48. The number of anilines is 1. The minimum atomic E-state index is -0.458. The van der Waals surface area contributed by atoms with E-state index in [4.69, 9.17) is 4.98 Å². The van der Waals surface area contributed by atoms with Crippen molar-refractivity contribution in [3.05, 3.63) is 81.9 Å². The Balaban J connectivity index is 1.69. The minimum absolute atomic E-state index is 0.0632. The fourth-order valence-electron chi connectivity index (χ4n) is 3.60. The normalized spacial score (nSPS) is 11.1. The summed E-state index contributed by atoms with van der Waals surface area (Å²) < 4.78 is 2.97. The number of hydrogen-bond donors (Lipinski definition) is 0. The van der Waals surface area contributed by atoms with Gasteiger partial charge in [0.2, 0.25) is 0 Å². The predicted octanol–water partition coefficient (Wildman–Crippen LogP) is 5.01. The summed E-state index contributed by atoms with van der Waals surface area (Å²) in [5, 5.41) is 12.0. The maximum absolute atomic E-state index is 13.5. The summed E-state index contributed by atoms with van der Waals surface area (Å²) in [6, 6.07) is 10.6. The molecule has 0 saturated heterocycles. The number of thiazole rings is 1. The first-order valence-corrected chi connectivity index (χ1v) is 11.2. The molecule has 32 heavy (non-hydrogen) atoms. The quantitative estimate of drug-likeness (QED) is 0.278. The average molecular weight is 450 g/mol. The molecule has 0 radical (unpaired) electrons. The summed E-state index contributed by atoms with van der Waals surface area (Å²) in [5.41, 5.74) is 2.76. The zero-order valence-electron chi connectivity index (χ0n) is 17.9. The van der Waals surface area contributed by atoms with Crippen LogP contribution in [-0.4, -0.2) is 31.9 Å². The summed E-state index contributed by atoms with van der Waals surface area (Å²) in [7, 11) is 0. The van der Waals surface area contributed by atoms with Crippen LogP contribution in [0.1, 0.15) is 34.8 Å². The summed E-state index contributed by atoms with van der Waals surface area (Å²) >= 11 is 1.46. The fraction of sp³-hybridized carbons (Fsp3) is 0.261. The maximum atomic E-state index is 13.5. The van der Waals surface area contributed by atoms with E-state index < -0.39 is 4.92 Å². The molecule has 0 saturated carbocycles. The van der Waals surface area contributed by atoms with Crippen molar-refractivity contribution in [3.8, 4) is 0 Å². The Hall–Kier alpha value is -3.59. The Morgan fingerprint density at radius 1 is 1.28 bits per heavy atom. The van der Waals surface area contributed by atoms with E-state index in [2.05, 4.69) is 11.9 Å². The van der Waals surface area contributed by atoms with E-state index in [1.807, 2.05) is 29.0 Å². The number of aromatic nitrogens is 3. The van der Waals surface area contributed by atoms with Crippen molar-refractivity contribution in [2.45, 2.75) is 33.2 Å². The number of carbonyl (C=O) groups is 1. The van der Waals surface area contributed by atoms with Gasteiger partial charge in [-0.15, -0.1) is 0 Å². The van der Waals surface area contributed by atoms with E-state index in [0.717, 1.165) is 22.2 Å². The van der Waals surface area contributed by atoms with Crippen LogP contribution in [0.5, 0.6) is 0 Å². The molecule has 0 atom stereocenters. The van der Waals surface area contributed by atoms with Crippen LogP contribution in [0.2, 0.25) is 0 Å². The van der Waals surface area contributed by atoms with Crippen molar-refractivity contribution in [1.82, 2.24) is 14.5 Å². The van der Waals surface area contributed by atoms with Gasteiger partial charge in [0.25, 0.3) is 11.6 Å². The number of aryl methyl sites for hydroxylation is 3. The Labute approximate surface area is 189 Å². The van der Waals surface area contributed by atoms with Gasteiger partial charge in [0.1, 0.15) is 0 Å². The predicted molar refractivity (Wildman–Crippen MR) is 125 cm³/mol. The van der Waals surface area contributed by atoms with Gasteiger partial charge in [-0.1, -0.05) is 36.5 Å². The highest BCUT2D eigenvalue weighted by Crippen LogP contribution is 2.32. The lowest BCUT2D eigenvalue weighted by atomic mass is 10.1. The van der Waals surface area contributed by atoms with Crippen molar-refractivity contribution in [2.24, 2.45) is 0 Å². The van der Waals surface area contributed by atoms with Gasteiger partial charge in [0.05, 0.1) is 21.5 Å². The molecule has 0 unspecified atom stereocenters. The molecule has 0 aliphatic carbocycles. The molecule has 1 amide bonds. The first-order chi connectivity index (χ1) is 15.5. The summed E-state index contributed by atoms with van der Waals surface area (Å²) in [5.74, 6) is -0.296. The fourth-order valence-corrected chi connectivity index (χ4v) is 4.64. The van der Waals surface area contributed by atoms with E-state index >= 15 is 0 Å². The molecular weight excluding hydrogens is 426 g/mol. The first kappa shape index (κ1) is 21.6. The molecule has 2 aromatic carbocycles. The molecule has 0 N–H and O–H groups in total. The second-order valence-corrected chi connectivity index (χ2v) is 8.49. The molecule has 0 spiro atoms. The largest absolute Gasteiger partial charge is 0.337 e. The maximum Gasteiger partial charge on any atom is 0.273 e. The van der Waals surface area contributed by atoms with Crippen molar-refractivity contribution < 1.29 is 9.72 Å². The molecule has 2 heterocycles. The van der Waals surface area contributed by atoms with Crippen molar-refractivity contribution >= 4 is 38.3 Å². The Bertz CT molecular complexity index is 1270. The molecule has 0 fully saturated rings. The number of nitro groups is 1. The second kappa shape index (κ2) is 9.27. The number of benzene rings is 2. The number of nitro benzene ring substituents is 1. The summed E-state index contributed by atoms with van der Waals surface area (Å²) in [4.78, 5) is 34.9. The Kier molecular flexibility index (Phi) is 6.27. The molecule has 0 aliphatic rings. The average Bonchev–Trinajstić information content (AvgIpc) is 3.46. The Morgan fingerprint density at radius 3 is 2.84 bits per heavy atom. The van der Waals surface area contributed by atoms with Crippen LogP contribution < -0.4 is 4.90 Å². The molecule has 0 aliphatic heterocycles. The molecule has 4 aromatic rings. The number of amides is 1. The standard InChI is InChI=1S/C23H23N5O3S/c1-3-17-6-4-7-20-21(17)25-23(32-20)27(12-5-11-26-13-10-24-15-26)22(29)18-9-8-16(2)19(14-18)28(30)31/h4,6-10,13-15H,3,5,11-12H2,1-2H3. The third-order valence-electron chi connectivity index (χ3n) is 5.36. The SMILES string of the molecule is CCc1cccc2sc(N(CCCn3ccnc3)C(=O)c3ccc(C)c([N+](=O)[O-])c3)nc12. The van der Waals surface area contributed by atoms with E-state index in [1.165, 1.54) is 17.4 Å². The van der Waals surface area contributed by atoms with Crippen LogP contribution in [-0.2, 0) is 13.0 Å². The number of nitrogens with zero attached hydrogens (tertiary/aromatic N) is 5. The van der Waals surface area contributed by atoms with Crippen molar-refractivity contribution in [1.29, 1.82) is 0 Å². The van der Waals surface area contributed by atoms with Gasteiger partial charge in [-0.25, -0.2) is 9.97 Å². The van der Waals surface area contributed by atoms with Gasteiger partial charge in [-0.3, -0.25) is 19.8 Å². The highest BCUT2D eigenvalue weighted by Gasteiger charge is 2.24. The third-order valence-corrected chi connectivity index (χ3v) is 6.40. The van der Waals surface area contributed by atoms with Gasteiger partial charge >= 0.3 is 0 Å². The van der Waals surface area contributed by atoms with Gasteiger partial charge in [-0.05, 0) is 37.5 Å². The zero-order chi connectivity index (χ0) is 22.7. The smallest absolute Gasteiger partial charge is 0.273 e. The van der Waals surface area contributed by atoms with E-state index in [-0.39, 0.29) is 17.2 Å². The molecule has 8 nitrogen and oxygen atoms in total. The van der Waals surface area contributed by atoms with E-state index in [9.17, 15) is 14.9 Å². The van der Waals surface area contributed by atoms with E-state index in [1.54, 1.807) is 36.5 Å².